The van der Waals surface area contributed by atoms with E-state index in [0.717, 1.165) is 10.6 Å². The van der Waals surface area contributed by atoms with Crippen LogP contribution in [0.3, 0.4) is 0 Å². The molecule has 2 nitrogen and oxygen atoms in total. The molecule has 3 aromatic rings. The van der Waals surface area contributed by atoms with E-state index in [-0.39, 0.29) is 5.78 Å². The second kappa shape index (κ2) is 4.35. The molecule has 0 amide bonds. The van der Waals surface area contributed by atoms with Gasteiger partial charge in [0, 0.05) is 18.7 Å². The van der Waals surface area contributed by atoms with Crippen molar-refractivity contribution in [1.29, 1.82) is 0 Å². The van der Waals surface area contributed by atoms with Crippen molar-refractivity contribution in [2.24, 2.45) is 0 Å². The summed E-state index contributed by atoms with van der Waals surface area (Å²) in [5, 5.41) is 3.26. The first-order chi connectivity index (χ1) is 8.75. The van der Waals surface area contributed by atoms with Gasteiger partial charge in [0.05, 0.1) is 4.88 Å². The van der Waals surface area contributed by atoms with Crippen molar-refractivity contribution in [2.45, 2.75) is 6.92 Å². The van der Waals surface area contributed by atoms with Gasteiger partial charge < -0.3 is 0 Å². The second-order valence-corrected chi connectivity index (χ2v) is 5.14. The molecule has 18 heavy (non-hydrogen) atoms. The van der Waals surface area contributed by atoms with Gasteiger partial charge in [0.25, 0.3) is 0 Å². The van der Waals surface area contributed by atoms with Crippen LogP contribution in [0.25, 0.3) is 21.3 Å². The summed E-state index contributed by atoms with van der Waals surface area (Å²) < 4.78 is 0. The fraction of sp³-hybridized carbons (Fsp3) is 0.0667. The van der Waals surface area contributed by atoms with Crippen LogP contribution in [0.4, 0.5) is 0 Å². The van der Waals surface area contributed by atoms with Crippen LogP contribution in [-0.2, 0) is 0 Å². The third kappa shape index (κ3) is 1.83. The molecule has 0 bridgehead atoms. The van der Waals surface area contributed by atoms with Crippen molar-refractivity contribution in [2.75, 3.05) is 0 Å². The number of rotatable bonds is 2. The quantitative estimate of drug-likeness (QED) is 0.642. The molecule has 0 spiro atoms. The second-order valence-electron chi connectivity index (χ2n) is 4.11. The largest absolute Gasteiger partial charge is 0.294 e. The van der Waals surface area contributed by atoms with E-state index in [1.54, 1.807) is 13.1 Å². The first-order valence-electron chi connectivity index (χ1n) is 5.70. The molecular weight excluding hydrogens is 242 g/mol. The van der Waals surface area contributed by atoms with Crippen molar-refractivity contribution in [1.82, 2.24) is 4.98 Å². The predicted molar refractivity (Wildman–Crippen MR) is 75.1 cm³/mol. The standard InChI is InChI=1S/C15H11NOS/c1-10(17)14-9-16-15(18-14)13-8-4-6-11-5-2-3-7-12(11)13/h2-9H,1H3. The van der Waals surface area contributed by atoms with Crippen LogP contribution in [0.2, 0.25) is 0 Å². The third-order valence-corrected chi connectivity index (χ3v) is 4.00. The molecule has 0 aliphatic rings. The smallest absolute Gasteiger partial charge is 0.171 e. The Morgan fingerprint density at radius 2 is 1.89 bits per heavy atom. The number of ketones is 1. The van der Waals surface area contributed by atoms with Gasteiger partial charge in [-0.2, -0.15) is 0 Å². The predicted octanol–water partition coefficient (Wildman–Crippen LogP) is 4.17. The maximum absolute atomic E-state index is 11.3. The number of carbonyl (C=O) groups is 1. The molecule has 0 fully saturated rings. The van der Waals surface area contributed by atoms with Gasteiger partial charge in [-0.05, 0) is 10.8 Å². The number of benzene rings is 2. The van der Waals surface area contributed by atoms with Crippen molar-refractivity contribution < 1.29 is 4.79 Å². The SMILES string of the molecule is CC(=O)c1cnc(-c2cccc3ccccc23)s1. The van der Waals surface area contributed by atoms with Crippen LogP contribution < -0.4 is 0 Å². The number of aromatic nitrogens is 1. The molecule has 3 rings (SSSR count). The Morgan fingerprint density at radius 3 is 2.67 bits per heavy atom. The Labute approximate surface area is 109 Å². The molecule has 0 aliphatic heterocycles. The lowest BCUT2D eigenvalue weighted by Gasteiger charge is -2.02. The zero-order valence-electron chi connectivity index (χ0n) is 9.88. The summed E-state index contributed by atoms with van der Waals surface area (Å²) in [7, 11) is 0. The van der Waals surface area contributed by atoms with Crippen molar-refractivity contribution in [3.05, 3.63) is 53.5 Å². The first-order valence-corrected chi connectivity index (χ1v) is 6.52. The lowest BCUT2D eigenvalue weighted by atomic mass is 10.1. The molecule has 3 heteroatoms. The maximum Gasteiger partial charge on any atom is 0.171 e. The van der Waals surface area contributed by atoms with E-state index in [9.17, 15) is 4.79 Å². The lowest BCUT2D eigenvalue weighted by molar-refractivity contribution is 0.102. The topological polar surface area (TPSA) is 30.0 Å². The van der Waals surface area contributed by atoms with E-state index in [1.165, 1.54) is 22.1 Å². The molecule has 88 valence electrons. The number of hydrogen-bond acceptors (Lipinski definition) is 3. The van der Waals surface area contributed by atoms with Crippen LogP contribution in [0.15, 0.2) is 48.7 Å². The van der Waals surface area contributed by atoms with Gasteiger partial charge in [-0.1, -0.05) is 42.5 Å². The third-order valence-electron chi connectivity index (χ3n) is 2.87. The normalized spacial score (nSPS) is 10.7. The minimum Gasteiger partial charge on any atom is -0.294 e. The zero-order chi connectivity index (χ0) is 12.5. The minimum atomic E-state index is 0.0685. The van der Waals surface area contributed by atoms with Crippen molar-refractivity contribution >= 4 is 27.9 Å². The number of thiazole rings is 1. The van der Waals surface area contributed by atoms with E-state index in [0.29, 0.717) is 4.88 Å². The van der Waals surface area contributed by atoms with Crippen molar-refractivity contribution in [3.63, 3.8) is 0 Å². The zero-order valence-corrected chi connectivity index (χ0v) is 10.7. The van der Waals surface area contributed by atoms with E-state index in [2.05, 4.69) is 23.2 Å². The van der Waals surface area contributed by atoms with Gasteiger partial charge in [0.2, 0.25) is 0 Å². The highest BCUT2D eigenvalue weighted by Crippen LogP contribution is 2.31. The number of nitrogens with zero attached hydrogens (tertiary/aromatic N) is 1. The summed E-state index contributed by atoms with van der Waals surface area (Å²) in [5.74, 6) is 0.0685. The Balaban J connectivity index is 2.21. The van der Waals surface area contributed by atoms with Crippen LogP contribution >= 0.6 is 11.3 Å². The van der Waals surface area contributed by atoms with E-state index >= 15 is 0 Å². The highest BCUT2D eigenvalue weighted by atomic mass is 32.1. The van der Waals surface area contributed by atoms with Crippen molar-refractivity contribution in [3.8, 4) is 10.6 Å². The minimum absolute atomic E-state index is 0.0685. The molecule has 0 atom stereocenters. The van der Waals surface area contributed by atoms with Gasteiger partial charge in [-0.3, -0.25) is 4.79 Å². The van der Waals surface area contributed by atoms with E-state index in [4.69, 9.17) is 0 Å². The Hall–Kier alpha value is -2.00. The summed E-state index contributed by atoms with van der Waals surface area (Å²) in [4.78, 5) is 16.4. The molecular formula is C15H11NOS. The average Bonchev–Trinajstić information content (AvgIpc) is 2.87. The Kier molecular flexibility index (Phi) is 2.68. The summed E-state index contributed by atoms with van der Waals surface area (Å²) in [6, 6.07) is 14.4. The summed E-state index contributed by atoms with van der Waals surface area (Å²) in [6.45, 7) is 1.57. The molecule has 2 aromatic carbocycles. The molecule has 0 radical (unpaired) electrons. The summed E-state index contributed by atoms with van der Waals surface area (Å²) >= 11 is 1.45. The van der Waals surface area contributed by atoms with Gasteiger partial charge >= 0.3 is 0 Å². The van der Waals surface area contributed by atoms with E-state index in [1.807, 2.05) is 24.3 Å². The highest BCUT2D eigenvalue weighted by Gasteiger charge is 2.10. The molecule has 0 saturated carbocycles. The van der Waals surface area contributed by atoms with Gasteiger partial charge in [0.15, 0.2) is 5.78 Å². The Morgan fingerprint density at radius 1 is 1.11 bits per heavy atom. The fourth-order valence-corrected chi connectivity index (χ4v) is 2.82. The molecule has 0 N–H and O–H groups in total. The summed E-state index contributed by atoms with van der Waals surface area (Å²) in [5.41, 5.74) is 1.09. The number of fused-ring (bicyclic) bond motifs is 1. The van der Waals surface area contributed by atoms with Gasteiger partial charge in [0.1, 0.15) is 5.01 Å². The van der Waals surface area contributed by atoms with E-state index < -0.39 is 0 Å². The van der Waals surface area contributed by atoms with Gasteiger partial charge in [-0.25, -0.2) is 4.98 Å². The number of carbonyl (C=O) groups excluding carboxylic acids is 1. The first kappa shape index (κ1) is 11.1. The van der Waals surface area contributed by atoms with Gasteiger partial charge in [-0.15, -0.1) is 11.3 Å². The number of Topliss-reactive ketones (excluding diaryl/α,β-unsaturated/α-hetero) is 1. The number of hydrogen-bond donors (Lipinski definition) is 0. The highest BCUT2D eigenvalue weighted by molar-refractivity contribution is 7.17. The molecule has 1 heterocycles. The molecule has 1 aromatic heterocycles. The maximum atomic E-state index is 11.3. The molecule has 0 aliphatic carbocycles. The van der Waals surface area contributed by atoms with Crippen LogP contribution in [0.5, 0.6) is 0 Å². The molecule has 0 saturated heterocycles. The fourth-order valence-electron chi connectivity index (χ4n) is 1.97. The van der Waals surface area contributed by atoms with Crippen LogP contribution in [0.1, 0.15) is 16.6 Å². The molecule has 0 unspecified atom stereocenters. The van der Waals surface area contributed by atoms with Crippen LogP contribution in [-0.4, -0.2) is 10.8 Å². The monoisotopic (exact) mass is 253 g/mol. The summed E-state index contributed by atoms with van der Waals surface area (Å²) in [6.07, 6.45) is 1.66. The Bertz CT molecular complexity index is 725. The lowest BCUT2D eigenvalue weighted by Crippen LogP contribution is -1.83. The van der Waals surface area contributed by atoms with Crippen LogP contribution in [0, 0.1) is 0 Å². The average molecular weight is 253 g/mol.